The van der Waals surface area contributed by atoms with Crippen molar-refractivity contribution in [1.82, 2.24) is 20.0 Å². The Morgan fingerprint density at radius 2 is 1.72 bits per heavy atom. The number of hydrogen-bond acceptors (Lipinski definition) is 6. The molecule has 1 atom stereocenters. The second kappa shape index (κ2) is 14.2. The molecule has 0 aliphatic carbocycles. The predicted molar refractivity (Wildman–Crippen MR) is 155 cm³/mol. The Morgan fingerprint density at radius 1 is 1.00 bits per heavy atom. The summed E-state index contributed by atoms with van der Waals surface area (Å²) in [6.45, 7) is 2.88. The molecule has 2 amide bonds. The first-order chi connectivity index (χ1) is 20.3. The number of likely N-dealkylation sites (N-methyl/N-ethyl adjacent to an activating group) is 1. The lowest BCUT2D eigenvalue weighted by Crippen LogP contribution is -2.47. The summed E-state index contributed by atoms with van der Waals surface area (Å²) in [6.07, 6.45) is -4.18. The average molecular weight is 631 g/mol. The number of nitrogens with zero attached hydrogens (tertiary/aromatic N) is 4. The van der Waals surface area contributed by atoms with E-state index in [1.807, 2.05) is 23.9 Å². The van der Waals surface area contributed by atoms with Gasteiger partial charge in [0.25, 0.3) is 5.91 Å². The standard InChI is InChI=1S/C29H36ClF5N6O2/c1-38(2)21-7-9-40(17-21)18-25(42)36-16-19-3-5-22(27(32)26(19)31)28(43)37-23-6-4-20(30)15-24(23)41-13-11-39(12-14-41)10-8-29(33,34)35/h3-6,15,21H,7-14,16-18H2,1-2H3,(H,36,42)(H,37,43)/t21-/m0/s1. The normalized spacial score (nSPS) is 18.3. The molecule has 236 valence electrons. The zero-order chi connectivity index (χ0) is 31.3. The third-order valence-corrected chi connectivity index (χ3v) is 8.10. The molecule has 0 aromatic heterocycles. The molecule has 0 saturated carbocycles. The topological polar surface area (TPSA) is 71.2 Å². The molecule has 2 aliphatic heterocycles. The summed E-state index contributed by atoms with van der Waals surface area (Å²) >= 11 is 6.18. The van der Waals surface area contributed by atoms with Crippen molar-refractivity contribution >= 4 is 34.8 Å². The van der Waals surface area contributed by atoms with E-state index in [0.717, 1.165) is 25.6 Å². The zero-order valence-corrected chi connectivity index (χ0v) is 24.9. The summed E-state index contributed by atoms with van der Waals surface area (Å²) in [7, 11) is 3.97. The fraction of sp³-hybridized carbons (Fsp3) is 0.517. The van der Waals surface area contributed by atoms with Crippen LogP contribution in [0.1, 0.15) is 28.8 Å². The number of halogens is 6. The minimum atomic E-state index is -4.23. The highest BCUT2D eigenvalue weighted by Gasteiger charge is 2.30. The summed E-state index contributed by atoms with van der Waals surface area (Å²) in [4.78, 5) is 33.1. The summed E-state index contributed by atoms with van der Waals surface area (Å²) in [5.41, 5.74) is 0.210. The van der Waals surface area contributed by atoms with Crippen LogP contribution in [0.3, 0.4) is 0 Å². The molecule has 0 spiro atoms. The molecular formula is C29H36ClF5N6O2. The summed E-state index contributed by atoms with van der Waals surface area (Å²) < 4.78 is 67.7. The molecule has 0 radical (unpaired) electrons. The van der Waals surface area contributed by atoms with Gasteiger partial charge in [-0.25, -0.2) is 8.78 Å². The van der Waals surface area contributed by atoms with Crippen molar-refractivity contribution < 1.29 is 31.5 Å². The predicted octanol–water partition coefficient (Wildman–Crippen LogP) is 4.20. The molecule has 4 rings (SSSR count). The Balaban J connectivity index is 1.36. The Kier molecular flexibility index (Phi) is 10.9. The number of amides is 2. The van der Waals surface area contributed by atoms with Gasteiger partial charge in [0.1, 0.15) is 0 Å². The molecule has 8 nitrogen and oxygen atoms in total. The van der Waals surface area contributed by atoms with Crippen LogP contribution in [0.2, 0.25) is 5.02 Å². The second-order valence-electron chi connectivity index (χ2n) is 11.1. The Morgan fingerprint density at radius 3 is 2.37 bits per heavy atom. The lowest BCUT2D eigenvalue weighted by atomic mass is 10.1. The summed E-state index contributed by atoms with van der Waals surface area (Å²) in [5, 5.41) is 5.60. The summed E-state index contributed by atoms with van der Waals surface area (Å²) in [5.74, 6) is -3.76. The van der Waals surface area contributed by atoms with E-state index in [2.05, 4.69) is 15.5 Å². The largest absolute Gasteiger partial charge is 0.390 e. The van der Waals surface area contributed by atoms with E-state index in [-0.39, 0.29) is 31.1 Å². The van der Waals surface area contributed by atoms with Crippen LogP contribution in [0.25, 0.3) is 0 Å². The quantitative estimate of drug-likeness (QED) is 0.384. The molecule has 2 saturated heterocycles. The number of benzene rings is 2. The van der Waals surface area contributed by atoms with Crippen molar-refractivity contribution in [2.45, 2.75) is 31.6 Å². The smallest absolute Gasteiger partial charge is 0.367 e. The van der Waals surface area contributed by atoms with Gasteiger partial charge in [-0.05, 0) is 44.8 Å². The van der Waals surface area contributed by atoms with Crippen molar-refractivity contribution in [3.8, 4) is 0 Å². The van der Waals surface area contributed by atoms with Crippen LogP contribution in [0.4, 0.5) is 33.3 Å². The van der Waals surface area contributed by atoms with E-state index in [1.54, 1.807) is 11.0 Å². The number of piperazine rings is 1. The highest BCUT2D eigenvalue weighted by Crippen LogP contribution is 2.31. The molecule has 0 unspecified atom stereocenters. The maximum Gasteiger partial charge on any atom is 0.390 e. The van der Waals surface area contributed by atoms with Crippen LogP contribution in [0.5, 0.6) is 0 Å². The average Bonchev–Trinajstić information content (AvgIpc) is 3.42. The molecule has 14 heteroatoms. The van der Waals surface area contributed by atoms with Crippen LogP contribution in [-0.2, 0) is 11.3 Å². The molecule has 0 bridgehead atoms. The SMILES string of the molecule is CN(C)[C@H]1CCN(CC(=O)NCc2ccc(C(=O)Nc3ccc(Cl)cc3N3CCN(CCC(F)(F)F)CC3)c(F)c2F)C1. The van der Waals surface area contributed by atoms with Crippen molar-refractivity contribution in [1.29, 1.82) is 0 Å². The Labute approximate surface area is 252 Å². The van der Waals surface area contributed by atoms with Gasteiger partial charge in [-0.3, -0.25) is 19.4 Å². The van der Waals surface area contributed by atoms with Crippen LogP contribution < -0.4 is 15.5 Å². The monoisotopic (exact) mass is 630 g/mol. The number of carbonyl (C=O) groups is 2. The molecule has 2 aliphatic rings. The van der Waals surface area contributed by atoms with Crippen molar-refractivity contribution in [3.63, 3.8) is 0 Å². The molecule has 2 N–H and O–H groups in total. The molecule has 43 heavy (non-hydrogen) atoms. The highest BCUT2D eigenvalue weighted by molar-refractivity contribution is 6.31. The van der Waals surface area contributed by atoms with Crippen LogP contribution in [-0.4, -0.2) is 105 Å². The van der Waals surface area contributed by atoms with Gasteiger partial charge in [0.15, 0.2) is 11.6 Å². The summed E-state index contributed by atoms with van der Waals surface area (Å²) in [6, 6.07) is 7.45. The fourth-order valence-electron chi connectivity index (χ4n) is 5.29. The first-order valence-electron chi connectivity index (χ1n) is 14.1. The zero-order valence-electron chi connectivity index (χ0n) is 24.1. The van der Waals surface area contributed by atoms with Crippen LogP contribution in [0.15, 0.2) is 30.3 Å². The number of carbonyl (C=O) groups excluding carboxylic acids is 2. The van der Waals surface area contributed by atoms with E-state index < -0.39 is 35.7 Å². The third kappa shape index (κ3) is 9.01. The van der Waals surface area contributed by atoms with Crippen LogP contribution in [0, 0.1) is 11.6 Å². The lowest BCUT2D eigenvalue weighted by molar-refractivity contribution is -0.138. The first kappa shape index (κ1) is 32.9. The van der Waals surface area contributed by atoms with E-state index in [9.17, 15) is 27.2 Å². The molecule has 2 aromatic rings. The van der Waals surface area contributed by atoms with Gasteiger partial charge in [0.05, 0.1) is 29.9 Å². The van der Waals surface area contributed by atoms with Gasteiger partial charge in [-0.1, -0.05) is 17.7 Å². The highest BCUT2D eigenvalue weighted by atomic mass is 35.5. The number of nitrogens with one attached hydrogen (secondary N) is 2. The second-order valence-corrected chi connectivity index (χ2v) is 11.6. The van der Waals surface area contributed by atoms with Gasteiger partial charge in [0.2, 0.25) is 5.91 Å². The lowest BCUT2D eigenvalue weighted by Gasteiger charge is -2.37. The minimum absolute atomic E-state index is 0.0921. The van der Waals surface area contributed by atoms with Gasteiger partial charge in [-0.15, -0.1) is 0 Å². The Hall–Kier alpha value is -3.00. The number of anilines is 2. The first-order valence-corrected chi connectivity index (χ1v) is 14.5. The van der Waals surface area contributed by atoms with E-state index in [1.165, 1.54) is 18.2 Å². The third-order valence-electron chi connectivity index (χ3n) is 7.86. The molecule has 2 heterocycles. The van der Waals surface area contributed by atoms with Crippen molar-refractivity contribution in [3.05, 3.63) is 58.1 Å². The number of rotatable bonds is 10. The molecular weight excluding hydrogens is 595 g/mol. The number of likely N-dealkylation sites (tertiary alicyclic amines) is 1. The number of hydrogen-bond donors (Lipinski definition) is 2. The maximum absolute atomic E-state index is 15.0. The number of alkyl halides is 3. The van der Waals surface area contributed by atoms with E-state index >= 15 is 4.39 Å². The van der Waals surface area contributed by atoms with E-state index in [0.29, 0.717) is 48.6 Å². The van der Waals surface area contributed by atoms with Gasteiger partial charge in [-0.2, -0.15) is 13.2 Å². The maximum atomic E-state index is 15.0. The van der Waals surface area contributed by atoms with Gasteiger partial charge >= 0.3 is 6.18 Å². The fourth-order valence-corrected chi connectivity index (χ4v) is 5.46. The van der Waals surface area contributed by atoms with Crippen molar-refractivity contribution in [2.75, 3.05) is 76.7 Å². The van der Waals surface area contributed by atoms with E-state index in [4.69, 9.17) is 11.6 Å². The van der Waals surface area contributed by atoms with Crippen LogP contribution >= 0.6 is 11.6 Å². The molecule has 2 fully saturated rings. The van der Waals surface area contributed by atoms with Gasteiger partial charge < -0.3 is 20.4 Å². The van der Waals surface area contributed by atoms with Crippen molar-refractivity contribution in [2.24, 2.45) is 0 Å². The molecule has 2 aromatic carbocycles. The minimum Gasteiger partial charge on any atom is -0.367 e. The van der Waals surface area contributed by atoms with Gasteiger partial charge in [0, 0.05) is 69.0 Å². The Bertz CT molecular complexity index is 1300.